The number of benzene rings is 1. The Hall–Kier alpha value is -1.42. The molecular formula is C10H11NO3. The van der Waals surface area contributed by atoms with Gasteiger partial charge in [0.25, 0.3) is 5.69 Å². The van der Waals surface area contributed by atoms with Gasteiger partial charge in [0.1, 0.15) is 0 Å². The summed E-state index contributed by atoms with van der Waals surface area (Å²) in [5.41, 5.74) is 1.17. The Morgan fingerprint density at radius 2 is 2.07 bits per heavy atom. The second-order valence-electron chi connectivity index (χ2n) is 3.35. The number of hydrogen-bond donors (Lipinski definition) is 0. The highest BCUT2D eigenvalue weighted by Gasteiger charge is 2.18. The highest BCUT2D eigenvalue weighted by molar-refractivity contribution is 5.33. The first-order valence-corrected chi connectivity index (χ1v) is 4.63. The van der Waals surface area contributed by atoms with Crippen molar-refractivity contribution in [3.05, 3.63) is 39.9 Å². The Morgan fingerprint density at radius 3 is 2.57 bits per heavy atom. The summed E-state index contributed by atoms with van der Waals surface area (Å²) in [5.74, 6) is 0. The number of rotatable bonds is 2. The molecule has 0 N–H and O–H groups in total. The molecule has 1 aliphatic heterocycles. The lowest BCUT2D eigenvalue weighted by Gasteiger charge is -2.08. The van der Waals surface area contributed by atoms with Gasteiger partial charge in [0, 0.05) is 18.7 Å². The minimum atomic E-state index is -0.390. The maximum Gasteiger partial charge on any atom is 0.269 e. The van der Waals surface area contributed by atoms with E-state index >= 15 is 0 Å². The van der Waals surface area contributed by atoms with Gasteiger partial charge in [0.2, 0.25) is 0 Å². The van der Waals surface area contributed by atoms with E-state index in [2.05, 4.69) is 0 Å². The average Bonchev–Trinajstić information content (AvgIpc) is 2.71. The fourth-order valence-electron chi connectivity index (χ4n) is 1.65. The van der Waals surface area contributed by atoms with E-state index in [-0.39, 0.29) is 16.7 Å². The maximum absolute atomic E-state index is 10.4. The van der Waals surface area contributed by atoms with Gasteiger partial charge in [0.05, 0.1) is 11.0 Å². The van der Waals surface area contributed by atoms with Crippen LogP contribution in [-0.4, -0.2) is 11.5 Å². The largest absolute Gasteiger partial charge is 0.374 e. The molecule has 0 spiro atoms. The van der Waals surface area contributed by atoms with Crippen molar-refractivity contribution in [1.82, 2.24) is 0 Å². The molecule has 1 unspecified atom stereocenters. The molecule has 74 valence electrons. The monoisotopic (exact) mass is 193 g/mol. The molecule has 0 aromatic heterocycles. The van der Waals surface area contributed by atoms with Crippen molar-refractivity contribution >= 4 is 5.69 Å². The zero-order valence-electron chi connectivity index (χ0n) is 7.68. The van der Waals surface area contributed by atoms with Gasteiger partial charge >= 0.3 is 0 Å². The van der Waals surface area contributed by atoms with E-state index in [0.717, 1.165) is 25.0 Å². The smallest absolute Gasteiger partial charge is 0.269 e. The molecule has 1 aromatic rings. The first kappa shape index (κ1) is 9.15. The lowest BCUT2D eigenvalue weighted by atomic mass is 10.1. The van der Waals surface area contributed by atoms with Gasteiger partial charge in [-0.15, -0.1) is 0 Å². The highest BCUT2D eigenvalue weighted by atomic mass is 16.6. The molecule has 1 atom stereocenters. The summed E-state index contributed by atoms with van der Waals surface area (Å²) in [4.78, 5) is 10.0. The van der Waals surface area contributed by atoms with Crippen molar-refractivity contribution in [3.63, 3.8) is 0 Å². The molecule has 4 nitrogen and oxygen atoms in total. The van der Waals surface area contributed by atoms with Crippen LogP contribution in [0.15, 0.2) is 24.3 Å². The zero-order valence-corrected chi connectivity index (χ0v) is 7.68. The van der Waals surface area contributed by atoms with Gasteiger partial charge in [-0.1, -0.05) is 0 Å². The topological polar surface area (TPSA) is 52.4 Å². The van der Waals surface area contributed by atoms with Gasteiger partial charge in [-0.25, -0.2) is 0 Å². The predicted octanol–water partition coefficient (Wildman–Crippen LogP) is 2.45. The molecule has 14 heavy (non-hydrogen) atoms. The SMILES string of the molecule is O=[N+]([O-])c1ccc(C2CCCO2)cc1. The molecule has 1 heterocycles. The zero-order chi connectivity index (χ0) is 9.97. The van der Waals surface area contributed by atoms with Crippen LogP contribution in [0.3, 0.4) is 0 Å². The minimum Gasteiger partial charge on any atom is -0.374 e. The van der Waals surface area contributed by atoms with Crippen LogP contribution in [0.4, 0.5) is 5.69 Å². The van der Waals surface area contributed by atoms with E-state index in [1.54, 1.807) is 12.1 Å². The number of nitrogens with zero attached hydrogens (tertiary/aromatic N) is 1. The predicted molar refractivity (Wildman–Crippen MR) is 51.0 cm³/mol. The Morgan fingerprint density at radius 1 is 1.36 bits per heavy atom. The molecule has 1 saturated heterocycles. The standard InChI is InChI=1S/C10H11NO3/c12-11(13)9-5-3-8(4-6-9)10-2-1-7-14-10/h3-6,10H,1-2,7H2. The summed E-state index contributed by atoms with van der Waals surface area (Å²) in [6.45, 7) is 0.793. The Bertz CT molecular complexity index is 328. The quantitative estimate of drug-likeness (QED) is 0.535. The van der Waals surface area contributed by atoms with Crippen LogP contribution in [0.1, 0.15) is 24.5 Å². The van der Waals surface area contributed by atoms with Crippen LogP contribution < -0.4 is 0 Å². The fraction of sp³-hybridized carbons (Fsp3) is 0.400. The lowest BCUT2D eigenvalue weighted by molar-refractivity contribution is -0.384. The van der Waals surface area contributed by atoms with Crippen LogP contribution >= 0.6 is 0 Å². The van der Waals surface area contributed by atoms with Crippen molar-refractivity contribution in [2.45, 2.75) is 18.9 Å². The van der Waals surface area contributed by atoms with Crippen molar-refractivity contribution in [2.75, 3.05) is 6.61 Å². The van der Waals surface area contributed by atoms with Gasteiger partial charge < -0.3 is 4.74 Å². The minimum absolute atomic E-state index is 0.131. The molecule has 1 aromatic carbocycles. The Kier molecular flexibility index (Phi) is 2.45. The van der Waals surface area contributed by atoms with Crippen molar-refractivity contribution in [2.24, 2.45) is 0 Å². The molecule has 0 bridgehead atoms. The van der Waals surface area contributed by atoms with Crippen LogP contribution in [0.5, 0.6) is 0 Å². The van der Waals surface area contributed by atoms with Crippen molar-refractivity contribution in [1.29, 1.82) is 0 Å². The van der Waals surface area contributed by atoms with Crippen molar-refractivity contribution in [3.8, 4) is 0 Å². The van der Waals surface area contributed by atoms with Gasteiger partial charge in [-0.2, -0.15) is 0 Å². The molecule has 0 amide bonds. The number of hydrogen-bond acceptors (Lipinski definition) is 3. The molecule has 1 aliphatic rings. The average molecular weight is 193 g/mol. The molecular weight excluding hydrogens is 182 g/mol. The number of ether oxygens (including phenoxy) is 1. The first-order valence-electron chi connectivity index (χ1n) is 4.63. The molecule has 0 radical (unpaired) electrons. The van der Waals surface area contributed by atoms with Gasteiger partial charge in [-0.3, -0.25) is 10.1 Å². The van der Waals surface area contributed by atoms with Crippen molar-refractivity contribution < 1.29 is 9.66 Å². The maximum atomic E-state index is 10.4. The fourth-order valence-corrected chi connectivity index (χ4v) is 1.65. The van der Waals surface area contributed by atoms with E-state index in [9.17, 15) is 10.1 Å². The normalized spacial score (nSPS) is 21.0. The summed E-state index contributed by atoms with van der Waals surface area (Å²) in [6, 6.07) is 6.59. The third-order valence-corrected chi connectivity index (χ3v) is 2.41. The second kappa shape index (κ2) is 3.75. The van der Waals surface area contributed by atoms with Gasteiger partial charge in [0.15, 0.2) is 0 Å². The molecule has 0 aliphatic carbocycles. The van der Waals surface area contributed by atoms with E-state index in [4.69, 9.17) is 4.74 Å². The van der Waals surface area contributed by atoms with Crippen LogP contribution in [-0.2, 0) is 4.74 Å². The number of nitro groups is 1. The number of non-ortho nitro benzene ring substituents is 1. The summed E-state index contributed by atoms with van der Waals surface area (Å²) < 4.78 is 5.47. The van der Waals surface area contributed by atoms with Crippen LogP contribution in [0, 0.1) is 10.1 Å². The Balaban J connectivity index is 2.16. The molecule has 2 rings (SSSR count). The highest BCUT2D eigenvalue weighted by Crippen LogP contribution is 2.29. The van der Waals surface area contributed by atoms with E-state index in [1.807, 2.05) is 0 Å². The summed E-state index contributed by atoms with van der Waals surface area (Å²) in [7, 11) is 0. The summed E-state index contributed by atoms with van der Waals surface area (Å²) >= 11 is 0. The molecule has 0 saturated carbocycles. The van der Waals surface area contributed by atoms with Crippen LogP contribution in [0.2, 0.25) is 0 Å². The third kappa shape index (κ3) is 1.75. The molecule has 4 heteroatoms. The summed E-state index contributed by atoms with van der Waals surface area (Å²) in [5, 5.41) is 10.4. The Labute approximate surface area is 81.7 Å². The first-order chi connectivity index (χ1) is 6.77. The third-order valence-electron chi connectivity index (χ3n) is 2.41. The molecule has 1 fully saturated rings. The van der Waals surface area contributed by atoms with E-state index in [0.29, 0.717) is 0 Å². The lowest BCUT2D eigenvalue weighted by Crippen LogP contribution is -1.96. The number of nitro benzene ring substituents is 1. The van der Waals surface area contributed by atoms with E-state index < -0.39 is 0 Å². The summed E-state index contributed by atoms with van der Waals surface area (Å²) in [6.07, 6.45) is 2.22. The van der Waals surface area contributed by atoms with E-state index in [1.165, 1.54) is 12.1 Å². The van der Waals surface area contributed by atoms with Gasteiger partial charge in [-0.05, 0) is 30.5 Å². The van der Waals surface area contributed by atoms with Crippen LogP contribution in [0.25, 0.3) is 0 Å². The second-order valence-corrected chi connectivity index (χ2v) is 3.35.